The SMILES string of the molecule is CN[C@@H](C)C(=O)N[C@H](C(=O)N1CCC[C@H]1c1nc(C(=O)c2cccc(OCCCCCCNC(=O)CN3CCN(C(=O)c4ccc(Nc5nc(C6CC6)cn6c(-c7cn[nH]c7)cnc56)c(F)c4)CC3)c2)cs1)C1CCCCC1. The second kappa shape index (κ2) is 25.1. The fraction of sp³-hybridized carbons (Fsp3) is 0.491. The van der Waals surface area contributed by atoms with Crippen LogP contribution in [0, 0.1) is 11.7 Å². The van der Waals surface area contributed by atoms with Crippen molar-refractivity contribution in [2.45, 2.75) is 114 Å². The molecule has 2 aliphatic carbocycles. The molecule has 6 heterocycles. The number of ether oxygens (including phenoxy) is 1. The minimum atomic E-state index is -0.586. The molecule has 4 aliphatic rings. The van der Waals surface area contributed by atoms with Crippen LogP contribution in [0.3, 0.4) is 0 Å². The third-order valence-corrected chi connectivity index (χ3v) is 16.6. The molecule has 0 spiro atoms. The van der Waals surface area contributed by atoms with Crippen LogP contribution in [0.2, 0.25) is 0 Å². The van der Waals surface area contributed by atoms with Crippen molar-refractivity contribution in [3.8, 4) is 17.0 Å². The Bertz CT molecular complexity index is 3070. The number of likely N-dealkylation sites (N-methyl/N-ethyl adjacent to an activating group) is 1. The number of carbonyl (C=O) groups is 5. The van der Waals surface area contributed by atoms with Gasteiger partial charge in [0.1, 0.15) is 28.3 Å². The second-order valence-corrected chi connectivity index (χ2v) is 22.0. The molecule has 4 aromatic heterocycles. The predicted octanol–water partition coefficient (Wildman–Crippen LogP) is 7.42. The number of nitrogens with one attached hydrogen (secondary N) is 5. The fourth-order valence-electron chi connectivity index (χ4n) is 10.8. The third-order valence-electron chi connectivity index (χ3n) is 15.6. The van der Waals surface area contributed by atoms with Crippen molar-refractivity contribution in [2.75, 3.05) is 64.8 Å². The largest absolute Gasteiger partial charge is 0.494 e. The molecule has 4 amide bonds. The number of aromatic nitrogens is 6. The van der Waals surface area contributed by atoms with Crippen molar-refractivity contribution in [2.24, 2.45) is 5.92 Å². The van der Waals surface area contributed by atoms with Crippen molar-refractivity contribution in [3.63, 3.8) is 0 Å². The van der Waals surface area contributed by atoms with Gasteiger partial charge < -0.3 is 35.8 Å². The van der Waals surface area contributed by atoms with Gasteiger partial charge in [-0.3, -0.25) is 38.4 Å². The zero-order valence-corrected chi connectivity index (χ0v) is 45.3. The number of anilines is 2. The first-order valence-corrected chi connectivity index (χ1v) is 28.6. The van der Waals surface area contributed by atoms with Crippen LogP contribution in [-0.2, 0) is 14.4 Å². The summed E-state index contributed by atoms with van der Waals surface area (Å²) in [5.41, 5.74) is 4.42. The smallest absolute Gasteiger partial charge is 0.254 e. The van der Waals surface area contributed by atoms with E-state index in [0.29, 0.717) is 80.3 Å². The van der Waals surface area contributed by atoms with E-state index in [-0.39, 0.29) is 59.2 Å². The van der Waals surface area contributed by atoms with Gasteiger partial charge in [0.15, 0.2) is 11.5 Å². The Hall–Kier alpha value is -7.10. The van der Waals surface area contributed by atoms with Crippen molar-refractivity contribution >= 4 is 57.9 Å². The number of hydrogen-bond acceptors (Lipinski definition) is 14. The van der Waals surface area contributed by atoms with Crippen LogP contribution < -0.4 is 26.0 Å². The summed E-state index contributed by atoms with van der Waals surface area (Å²) in [5.74, 6) is 0.113. The number of aromatic amines is 1. The summed E-state index contributed by atoms with van der Waals surface area (Å²) in [6.45, 7) is 5.55. The zero-order valence-electron chi connectivity index (χ0n) is 44.5. The minimum absolute atomic E-state index is 0.0615. The van der Waals surface area contributed by atoms with Crippen molar-refractivity contribution in [3.05, 3.63) is 106 Å². The molecular formula is C57H70FN13O6S. The molecular weight excluding hydrogens is 1010 g/mol. The first-order chi connectivity index (χ1) is 38.0. The van der Waals surface area contributed by atoms with E-state index in [9.17, 15) is 24.0 Å². The average molecular weight is 1080 g/mol. The van der Waals surface area contributed by atoms with Crippen LogP contribution in [0.4, 0.5) is 15.9 Å². The Morgan fingerprint density at radius 2 is 1.71 bits per heavy atom. The van der Waals surface area contributed by atoms with E-state index in [1.165, 1.54) is 17.4 Å². The zero-order chi connectivity index (χ0) is 54.1. The molecule has 21 heteroatoms. The summed E-state index contributed by atoms with van der Waals surface area (Å²) in [7, 11) is 1.73. The van der Waals surface area contributed by atoms with Crippen molar-refractivity contribution < 1.29 is 33.1 Å². The van der Waals surface area contributed by atoms with Gasteiger partial charge in [0.25, 0.3) is 5.91 Å². The quantitative estimate of drug-likeness (QED) is 0.0312. The summed E-state index contributed by atoms with van der Waals surface area (Å²) in [6.07, 6.45) is 19.4. The number of piperazine rings is 1. The van der Waals surface area contributed by atoms with Gasteiger partial charge in [-0.1, -0.05) is 44.2 Å². The summed E-state index contributed by atoms with van der Waals surface area (Å²) in [5, 5.41) is 21.6. The number of hydrogen-bond donors (Lipinski definition) is 5. The van der Waals surface area contributed by atoms with Crippen LogP contribution in [0.25, 0.3) is 16.9 Å². The standard InChI is InChI=1S/C57H70FN13O6S/c1-36(59-2)54(74)67-50(38-12-6-5-7-13-38)57(76)70-22-11-16-47(70)55-66-46(35-78-55)51(73)39-14-10-15-42(28-39)77-27-9-4-3-8-21-60-49(72)34-68-23-25-69(26-24-68)56(75)40-19-20-44(43(58)29-40)64-52-53-61-32-48(41-30-62-63-31-41)71(53)33-45(65-52)37-17-18-37/h10,14-15,19-20,28-33,35-38,47,50,59H,3-9,11-13,16-18,21-27,34H2,1-2H3,(H,60,72)(H,62,63)(H,64,65)(H,67,74)/t36-,47-,50-/m0/s1. The van der Waals surface area contributed by atoms with E-state index < -0.39 is 17.9 Å². The average Bonchev–Trinajstić information content (AvgIpc) is 4.03. The number of fused-ring (bicyclic) bond motifs is 1. The van der Waals surface area contributed by atoms with Crippen LogP contribution in [0.15, 0.2) is 72.6 Å². The lowest BCUT2D eigenvalue weighted by Gasteiger charge is -2.35. The van der Waals surface area contributed by atoms with Gasteiger partial charge in [-0.15, -0.1) is 11.3 Å². The molecule has 4 fully saturated rings. The van der Waals surface area contributed by atoms with Gasteiger partial charge in [-0.2, -0.15) is 5.10 Å². The Morgan fingerprint density at radius 1 is 0.885 bits per heavy atom. The number of halogens is 1. The molecule has 5 N–H and O–H groups in total. The lowest BCUT2D eigenvalue weighted by Crippen LogP contribution is -2.55. The normalized spacial score (nSPS) is 18.0. The number of benzene rings is 2. The number of likely N-dealkylation sites (tertiary alicyclic amines) is 1. The number of unbranched alkanes of at least 4 members (excludes halogenated alkanes) is 3. The Morgan fingerprint density at radius 3 is 2.47 bits per heavy atom. The summed E-state index contributed by atoms with van der Waals surface area (Å²) < 4.78 is 23.7. The number of ketones is 1. The van der Waals surface area contributed by atoms with Gasteiger partial charge in [0.2, 0.25) is 23.5 Å². The summed E-state index contributed by atoms with van der Waals surface area (Å²) >= 11 is 1.40. The highest BCUT2D eigenvalue weighted by Crippen LogP contribution is 2.41. The lowest BCUT2D eigenvalue weighted by atomic mass is 9.83. The van der Waals surface area contributed by atoms with E-state index in [0.717, 1.165) is 105 Å². The highest BCUT2D eigenvalue weighted by atomic mass is 32.1. The molecule has 2 aromatic carbocycles. The first-order valence-electron chi connectivity index (χ1n) is 27.7. The van der Waals surface area contributed by atoms with Crippen LogP contribution in [0.5, 0.6) is 5.75 Å². The predicted molar refractivity (Wildman–Crippen MR) is 294 cm³/mol. The van der Waals surface area contributed by atoms with Crippen LogP contribution >= 0.6 is 11.3 Å². The lowest BCUT2D eigenvalue weighted by molar-refractivity contribution is -0.139. The molecule has 2 saturated carbocycles. The molecule has 0 bridgehead atoms. The number of rotatable bonds is 23. The monoisotopic (exact) mass is 1080 g/mol. The molecule has 0 radical (unpaired) electrons. The van der Waals surface area contributed by atoms with Crippen molar-refractivity contribution in [1.82, 2.24) is 60.2 Å². The number of imidazole rings is 1. The summed E-state index contributed by atoms with van der Waals surface area (Å²) in [4.78, 5) is 87.1. The second-order valence-electron chi connectivity index (χ2n) is 21.1. The Labute approximate surface area is 457 Å². The topological polar surface area (TPSA) is 224 Å². The van der Waals surface area contributed by atoms with Gasteiger partial charge in [0, 0.05) is 79.7 Å². The van der Waals surface area contributed by atoms with Gasteiger partial charge in [0.05, 0.1) is 54.7 Å². The molecule has 0 unspecified atom stereocenters. The molecule has 19 nitrogen and oxygen atoms in total. The van der Waals surface area contributed by atoms with Gasteiger partial charge in [-0.05, 0) is 102 Å². The number of amides is 4. The maximum Gasteiger partial charge on any atom is 0.254 e. The van der Waals surface area contributed by atoms with Gasteiger partial charge >= 0.3 is 0 Å². The molecule has 10 rings (SSSR count). The van der Waals surface area contributed by atoms with E-state index in [1.54, 1.807) is 73.2 Å². The highest BCUT2D eigenvalue weighted by Gasteiger charge is 2.40. The van der Waals surface area contributed by atoms with E-state index in [2.05, 4.69) is 36.4 Å². The van der Waals surface area contributed by atoms with E-state index >= 15 is 4.39 Å². The third kappa shape index (κ3) is 12.9. The van der Waals surface area contributed by atoms with Gasteiger partial charge in [-0.25, -0.2) is 19.3 Å². The highest BCUT2D eigenvalue weighted by molar-refractivity contribution is 7.10. The maximum atomic E-state index is 15.7. The van der Waals surface area contributed by atoms with E-state index in [1.807, 2.05) is 26.5 Å². The molecule has 6 aromatic rings. The Balaban J connectivity index is 0.616. The maximum absolute atomic E-state index is 15.7. The van der Waals surface area contributed by atoms with Crippen molar-refractivity contribution in [1.29, 1.82) is 0 Å². The molecule has 78 heavy (non-hydrogen) atoms. The Kier molecular flexibility index (Phi) is 17.5. The minimum Gasteiger partial charge on any atom is -0.494 e. The number of nitrogens with zero attached hydrogens (tertiary/aromatic N) is 8. The summed E-state index contributed by atoms with van der Waals surface area (Å²) in [6, 6.07) is 10.3. The number of H-pyrrole nitrogens is 1. The number of thiazole rings is 1. The molecule has 2 aliphatic heterocycles. The van der Waals surface area contributed by atoms with E-state index in [4.69, 9.17) is 14.7 Å². The van der Waals surface area contributed by atoms with Crippen LogP contribution in [0.1, 0.15) is 139 Å². The molecule has 412 valence electrons. The van der Waals surface area contributed by atoms with Crippen LogP contribution in [-0.4, -0.2) is 145 Å². The molecule has 3 atom stereocenters. The molecule has 2 saturated heterocycles. The number of carbonyl (C=O) groups excluding carboxylic acids is 5. The first kappa shape index (κ1) is 54.3. The fourth-order valence-corrected chi connectivity index (χ4v) is 11.8.